The first-order valence-electron chi connectivity index (χ1n) is 5.13. The Morgan fingerprint density at radius 2 is 2.20 bits per heavy atom. The summed E-state index contributed by atoms with van der Waals surface area (Å²) in [6, 6.07) is 7.48. The molecule has 1 unspecified atom stereocenters. The number of Topliss-reactive ketones (excluding diaryl/α,β-unsaturated/α-hetero) is 1. The first kappa shape index (κ1) is 10.1. The minimum Gasteiger partial charge on any atom is -0.381 e. The Kier molecular flexibility index (Phi) is 2.45. The maximum atomic E-state index is 12.0. The number of rotatable bonds is 2. The van der Waals surface area contributed by atoms with Gasteiger partial charge in [-0.25, -0.2) is 0 Å². The summed E-state index contributed by atoms with van der Waals surface area (Å²) in [6.45, 7) is 3.58. The van der Waals surface area contributed by atoms with E-state index in [2.05, 4.69) is 6.58 Å². The lowest BCUT2D eigenvalue weighted by molar-refractivity contribution is 0.0260. The Hall–Kier alpha value is -1.41. The number of benzene rings is 1. The van der Waals surface area contributed by atoms with Crippen LogP contribution in [0.3, 0.4) is 0 Å². The van der Waals surface area contributed by atoms with Crippen LogP contribution in [0.25, 0.3) is 0 Å². The van der Waals surface area contributed by atoms with Crippen molar-refractivity contribution in [3.8, 4) is 0 Å². The average Bonchev–Trinajstić information content (AvgIpc) is 2.25. The van der Waals surface area contributed by atoms with Gasteiger partial charge in [0, 0.05) is 12.0 Å². The normalized spacial score (nSPS) is 24.7. The van der Waals surface area contributed by atoms with Crippen LogP contribution in [0.5, 0.6) is 0 Å². The third-order valence-electron chi connectivity index (χ3n) is 2.97. The predicted molar refractivity (Wildman–Crippen MR) is 58.9 cm³/mol. The van der Waals surface area contributed by atoms with Crippen molar-refractivity contribution in [2.24, 2.45) is 0 Å². The lowest BCUT2D eigenvalue weighted by Gasteiger charge is -2.30. The molecule has 1 aliphatic carbocycles. The summed E-state index contributed by atoms with van der Waals surface area (Å²) in [4.78, 5) is 12.0. The van der Waals surface area contributed by atoms with Gasteiger partial charge in [-0.2, -0.15) is 0 Å². The number of hydrogen-bond donors (Lipinski definition) is 1. The van der Waals surface area contributed by atoms with Crippen molar-refractivity contribution in [3.63, 3.8) is 0 Å². The standard InChI is InChI=1S/C13H14O2/c1-2-8-13(15)9-7-10-5-3-4-6-11(10)12(13)14/h2-6,15H,1,7-9H2. The van der Waals surface area contributed by atoms with Crippen LogP contribution in [-0.4, -0.2) is 16.5 Å². The van der Waals surface area contributed by atoms with Gasteiger partial charge in [-0.3, -0.25) is 4.79 Å². The predicted octanol–water partition coefficient (Wildman–Crippen LogP) is 2.12. The summed E-state index contributed by atoms with van der Waals surface area (Å²) in [5, 5.41) is 10.2. The fourth-order valence-corrected chi connectivity index (χ4v) is 2.10. The Balaban J connectivity index is 2.41. The highest BCUT2D eigenvalue weighted by molar-refractivity contribution is 6.04. The van der Waals surface area contributed by atoms with Gasteiger partial charge in [0.2, 0.25) is 0 Å². The number of ketones is 1. The van der Waals surface area contributed by atoms with Crippen molar-refractivity contribution in [1.82, 2.24) is 0 Å². The van der Waals surface area contributed by atoms with Crippen molar-refractivity contribution < 1.29 is 9.90 Å². The van der Waals surface area contributed by atoms with Crippen LogP contribution < -0.4 is 0 Å². The molecule has 0 heterocycles. The second-order valence-electron chi connectivity index (χ2n) is 4.01. The van der Waals surface area contributed by atoms with Gasteiger partial charge in [-0.15, -0.1) is 6.58 Å². The quantitative estimate of drug-likeness (QED) is 0.746. The molecule has 0 fully saturated rings. The molecule has 0 amide bonds. The number of fused-ring (bicyclic) bond motifs is 1. The second-order valence-corrected chi connectivity index (χ2v) is 4.01. The molecule has 1 N–H and O–H groups in total. The number of carbonyl (C=O) groups excluding carboxylic acids is 1. The number of hydrogen-bond acceptors (Lipinski definition) is 2. The number of carbonyl (C=O) groups is 1. The molecule has 2 heteroatoms. The zero-order valence-electron chi connectivity index (χ0n) is 8.57. The fraction of sp³-hybridized carbons (Fsp3) is 0.308. The molecule has 0 saturated carbocycles. The Morgan fingerprint density at radius 1 is 1.47 bits per heavy atom. The van der Waals surface area contributed by atoms with E-state index in [9.17, 15) is 9.90 Å². The molecule has 2 nitrogen and oxygen atoms in total. The first-order valence-corrected chi connectivity index (χ1v) is 5.13. The molecule has 0 aliphatic heterocycles. The molecule has 1 aromatic rings. The average molecular weight is 202 g/mol. The topological polar surface area (TPSA) is 37.3 Å². The molecule has 0 bridgehead atoms. The Labute approximate surface area is 89.2 Å². The van der Waals surface area contributed by atoms with E-state index in [0.29, 0.717) is 18.4 Å². The van der Waals surface area contributed by atoms with Gasteiger partial charge >= 0.3 is 0 Å². The van der Waals surface area contributed by atoms with Crippen LogP contribution in [0.15, 0.2) is 36.9 Å². The highest BCUT2D eigenvalue weighted by Crippen LogP contribution is 2.31. The smallest absolute Gasteiger partial charge is 0.194 e. The monoisotopic (exact) mass is 202 g/mol. The van der Waals surface area contributed by atoms with E-state index < -0.39 is 5.60 Å². The molecular weight excluding hydrogens is 188 g/mol. The lowest BCUT2D eigenvalue weighted by atomic mass is 9.77. The molecular formula is C13H14O2. The van der Waals surface area contributed by atoms with Gasteiger partial charge in [0.15, 0.2) is 5.78 Å². The minimum atomic E-state index is -1.23. The van der Waals surface area contributed by atoms with Gasteiger partial charge in [0.05, 0.1) is 0 Å². The fourth-order valence-electron chi connectivity index (χ4n) is 2.10. The summed E-state index contributed by atoms with van der Waals surface area (Å²) < 4.78 is 0. The summed E-state index contributed by atoms with van der Waals surface area (Å²) in [6.07, 6.45) is 3.19. The van der Waals surface area contributed by atoms with Crippen molar-refractivity contribution in [2.75, 3.05) is 0 Å². The third-order valence-corrected chi connectivity index (χ3v) is 2.97. The second kappa shape index (κ2) is 3.63. The van der Waals surface area contributed by atoms with Gasteiger partial charge < -0.3 is 5.11 Å². The molecule has 1 aromatic carbocycles. The zero-order chi connectivity index (χ0) is 10.9. The van der Waals surface area contributed by atoms with Crippen LogP contribution in [0, 0.1) is 0 Å². The maximum absolute atomic E-state index is 12.0. The van der Waals surface area contributed by atoms with Gasteiger partial charge in [0.25, 0.3) is 0 Å². The molecule has 78 valence electrons. The van der Waals surface area contributed by atoms with E-state index in [0.717, 1.165) is 12.0 Å². The van der Waals surface area contributed by atoms with E-state index in [1.165, 1.54) is 0 Å². The first-order chi connectivity index (χ1) is 7.17. The van der Waals surface area contributed by atoms with E-state index >= 15 is 0 Å². The molecule has 2 rings (SSSR count). The number of aliphatic hydroxyl groups is 1. The molecule has 0 aromatic heterocycles. The molecule has 0 saturated heterocycles. The van der Waals surface area contributed by atoms with Gasteiger partial charge in [-0.1, -0.05) is 30.3 Å². The Bertz CT molecular complexity index is 409. The van der Waals surface area contributed by atoms with Crippen LogP contribution in [0.1, 0.15) is 28.8 Å². The van der Waals surface area contributed by atoms with Crippen molar-refractivity contribution in [1.29, 1.82) is 0 Å². The Morgan fingerprint density at radius 3 is 2.93 bits per heavy atom. The van der Waals surface area contributed by atoms with Gasteiger partial charge in [-0.05, 0) is 18.4 Å². The SMILES string of the molecule is C=CCC1(O)CCc2ccccc2C1=O. The minimum absolute atomic E-state index is 0.163. The highest BCUT2D eigenvalue weighted by Gasteiger charge is 2.39. The lowest BCUT2D eigenvalue weighted by Crippen LogP contribution is -2.42. The molecule has 0 spiro atoms. The van der Waals surface area contributed by atoms with Crippen molar-refractivity contribution in [2.45, 2.75) is 24.9 Å². The molecule has 0 radical (unpaired) electrons. The van der Waals surface area contributed by atoms with Crippen LogP contribution in [0.4, 0.5) is 0 Å². The molecule has 1 atom stereocenters. The van der Waals surface area contributed by atoms with Crippen molar-refractivity contribution in [3.05, 3.63) is 48.0 Å². The van der Waals surface area contributed by atoms with E-state index in [-0.39, 0.29) is 5.78 Å². The summed E-state index contributed by atoms with van der Waals surface area (Å²) in [7, 11) is 0. The highest BCUT2D eigenvalue weighted by atomic mass is 16.3. The maximum Gasteiger partial charge on any atom is 0.194 e. The van der Waals surface area contributed by atoms with Gasteiger partial charge in [0.1, 0.15) is 5.60 Å². The van der Waals surface area contributed by atoms with Crippen molar-refractivity contribution >= 4 is 5.78 Å². The van der Waals surface area contributed by atoms with Crippen LogP contribution >= 0.6 is 0 Å². The largest absolute Gasteiger partial charge is 0.381 e. The van der Waals surface area contributed by atoms with Crippen LogP contribution in [0.2, 0.25) is 0 Å². The zero-order valence-corrected chi connectivity index (χ0v) is 8.57. The molecule has 15 heavy (non-hydrogen) atoms. The van der Waals surface area contributed by atoms with E-state index in [1.807, 2.05) is 18.2 Å². The van der Waals surface area contributed by atoms with E-state index in [1.54, 1.807) is 12.1 Å². The number of aryl methyl sites for hydroxylation is 1. The summed E-state index contributed by atoms with van der Waals surface area (Å²) >= 11 is 0. The van der Waals surface area contributed by atoms with E-state index in [4.69, 9.17) is 0 Å². The third kappa shape index (κ3) is 1.61. The molecule has 1 aliphatic rings. The van der Waals surface area contributed by atoms with Crippen LogP contribution in [-0.2, 0) is 6.42 Å². The summed E-state index contributed by atoms with van der Waals surface area (Å²) in [5.74, 6) is -0.163. The summed E-state index contributed by atoms with van der Waals surface area (Å²) in [5.41, 5.74) is 0.472.